The van der Waals surface area contributed by atoms with Crippen LogP contribution in [0.5, 0.6) is 0 Å². The molecule has 3 amide bonds. The molecule has 2 aromatic carbocycles. The van der Waals surface area contributed by atoms with Gasteiger partial charge in [0.25, 0.3) is 0 Å². The maximum absolute atomic E-state index is 13.1. The number of halogens is 3. The van der Waals surface area contributed by atoms with Gasteiger partial charge in [0.2, 0.25) is 5.91 Å². The highest BCUT2D eigenvalue weighted by atomic mass is 19.4. The standard InChI is InChI=1S/C28H34F3N5O3/c1-19-8-6-9-22(16-19)36-24(17-23(34-36)27(2,3)4)33-25(37)18-35(14-7-15-39-5)26(38)32-21-12-10-20(11-13-21)28(29,30)31/h6,8-13,16-17H,7,14-15,18H2,1-5H3,(H,32,38)(H,33,37). The van der Waals surface area contributed by atoms with Gasteiger partial charge < -0.3 is 20.3 Å². The van der Waals surface area contributed by atoms with Crippen LogP contribution < -0.4 is 10.6 Å². The van der Waals surface area contributed by atoms with Gasteiger partial charge in [0.15, 0.2) is 0 Å². The fraction of sp³-hybridized carbons (Fsp3) is 0.393. The Morgan fingerprint density at radius 3 is 2.31 bits per heavy atom. The van der Waals surface area contributed by atoms with E-state index < -0.39 is 23.7 Å². The molecule has 0 spiro atoms. The van der Waals surface area contributed by atoms with Crippen LogP contribution in [-0.2, 0) is 21.1 Å². The van der Waals surface area contributed by atoms with Crippen molar-refractivity contribution in [3.8, 4) is 5.69 Å². The number of benzene rings is 2. The van der Waals surface area contributed by atoms with E-state index in [-0.39, 0.29) is 24.2 Å². The Labute approximate surface area is 226 Å². The highest BCUT2D eigenvalue weighted by Gasteiger charge is 2.30. The highest BCUT2D eigenvalue weighted by molar-refractivity contribution is 5.96. The fourth-order valence-corrected chi connectivity index (χ4v) is 3.75. The minimum Gasteiger partial charge on any atom is -0.385 e. The van der Waals surface area contributed by atoms with E-state index in [4.69, 9.17) is 9.84 Å². The number of amides is 3. The fourth-order valence-electron chi connectivity index (χ4n) is 3.75. The number of rotatable bonds is 9. The normalized spacial score (nSPS) is 11.8. The number of hydrogen-bond acceptors (Lipinski definition) is 4. The Bertz CT molecular complexity index is 1280. The van der Waals surface area contributed by atoms with Gasteiger partial charge in [0, 0.05) is 37.4 Å². The average molecular weight is 546 g/mol. The van der Waals surface area contributed by atoms with Gasteiger partial charge in [-0.3, -0.25) is 4.79 Å². The van der Waals surface area contributed by atoms with Crippen molar-refractivity contribution in [3.63, 3.8) is 0 Å². The molecule has 39 heavy (non-hydrogen) atoms. The molecular weight excluding hydrogens is 511 g/mol. The predicted molar refractivity (Wildman–Crippen MR) is 144 cm³/mol. The van der Waals surface area contributed by atoms with Crippen LogP contribution in [0.1, 0.15) is 44.0 Å². The van der Waals surface area contributed by atoms with Crippen molar-refractivity contribution < 1.29 is 27.5 Å². The molecule has 8 nitrogen and oxygen atoms in total. The van der Waals surface area contributed by atoms with Gasteiger partial charge in [-0.1, -0.05) is 32.9 Å². The molecule has 3 aromatic rings. The monoisotopic (exact) mass is 545 g/mol. The SMILES string of the molecule is COCCCN(CC(=O)Nc1cc(C(C)(C)C)nn1-c1cccc(C)c1)C(=O)Nc1ccc(C(F)(F)F)cc1. The number of carbonyl (C=O) groups excluding carboxylic acids is 2. The smallest absolute Gasteiger partial charge is 0.385 e. The van der Waals surface area contributed by atoms with Crippen molar-refractivity contribution in [3.05, 3.63) is 71.4 Å². The quantitative estimate of drug-likeness (QED) is 0.323. The van der Waals surface area contributed by atoms with Crippen LogP contribution in [0.25, 0.3) is 5.69 Å². The summed E-state index contributed by atoms with van der Waals surface area (Å²) in [7, 11) is 1.53. The van der Waals surface area contributed by atoms with E-state index in [1.165, 1.54) is 24.1 Å². The summed E-state index contributed by atoms with van der Waals surface area (Å²) in [6.45, 7) is 8.28. The summed E-state index contributed by atoms with van der Waals surface area (Å²) in [4.78, 5) is 27.4. The van der Waals surface area contributed by atoms with Crippen LogP contribution in [0, 0.1) is 6.92 Å². The number of aryl methyl sites for hydroxylation is 1. The second-order valence-corrected chi connectivity index (χ2v) is 10.2. The number of alkyl halides is 3. The van der Waals surface area contributed by atoms with Crippen LogP contribution in [0.4, 0.5) is 29.5 Å². The Kier molecular flexibility index (Phi) is 9.39. The third-order valence-corrected chi connectivity index (χ3v) is 5.85. The van der Waals surface area contributed by atoms with E-state index >= 15 is 0 Å². The first kappa shape index (κ1) is 29.7. The Hall–Kier alpha value is -3.86. The van der Waals surface area contributed by atoms with Gasteiger partial charge in [0.1, 0.15) is 12.4 Å². The predicted octanol–water partition coefficient (Wildman–Crippen LogP) is 6.01. The first-order valence-electron chi connectivity index (χ1n) is 12.5. The van der Waals surface area contributed by atoms with Crippen LogP contribution >= 0.6 is 0 Å². The molecule has 0 bridgehead atoms. The highest BCUT2D eigenvalue weighted by Crippen LogP contribution is 2.30. The van der Waals surface area contributed by atoms with Crippen molar-refractivity contribution in [2.45, 2.75) is 45.7 Å². The van der Waals surface area contributed by atoms with E-state index in [0.717, 1.165) is 29.1 Å². The topological polar surface area (TPSA) is 88.5 Å². The summed E-state index contributed by atoms with van der Waals surface area (Å²) < 4.78 is 45.3. The molecule has 0 aliphatic carbocycles. The molecule has 0 saturated heterocycles. The summed E-state index contributed by atoms with van der Waals surface area (Å²) >= 11 is 0. The van der Waals surface area contributed by atoms with Crippen molar-refractivity contribution in [2.24, 2.45) is 0 Å². The molecule has 1 aromatic heterocycles. The zero-order chi connectivity index (χ0) is 28.8. The van der Waals surface area contributed by atoms with Gasteiger partial charge in [-0.25, -0.2) is 9.48 Å². The number of nitrogens with one attached hydrogen (secondary N) is 2. The summed E-state index contributed by atoms with van der Waals surface area (Å²) in [6.07, 6.45) is -4.02. The Morgan fingerprint density at radius 1 is 1.03 bits per heavy atom. The zero-order valence-electron chi connectivity index (χ0n) is 22.7. The van der Waals surface area contributed by atoms with E-state index in [9.17, 15) is 22.8 Å². The molecule has 2 N–H and O–H groups in total. The van der Waals surface area contributed by atoms with Crippen LogP contribution in [0.3, 0.4) is 0 Å². The average Bonchev–Trinajstić information content (AvgIpc) is 3.27. The first-order valence-corrected chi connectivity index (χ1v) is 12.5. The summed E-state index contributed by atoms with van der Waals surface area (Å²) in [5, 5.41) is 10.1. The van der Waals surface area contributed by atoms with Crippen molar-refractivity contribution in [1.82, 2.24) is 14.7 Å². The number of nitrogens with zero attached hydrogens (tertiary/aromatic N) is 3. The number of methoxy groups -OCH3 is 1. The van der Waals surface area contributed by atoms with Gasteiger partial charge in [-0.15, -0.1) is 0 Å². The minimum atomic E-state index is -4.48. The van der Waals surface area contributed by atoms with Crippen molar-refractivity contribution in [1.29, 1.82) is 0 Å². The van der Waals surface area contributed by atoms with Gasteiger partial charge in [-0.2, -0.15) is 18.3 Å². The second-order valence-electron chi connectivity index (χ2n) is 10.2. The van der Waals surface area contributed by atoms with Crippen molar-refractivity contribution in [2.75, 3.05) is 37.4 Å². The lowest BCUT2D eigenvalue weighted by molar-refractivity contribution is -0.137. The molecular formula is C28H34F3N5O3. The van der Waals surface area contributed by atoms with E-state index in [1.807, 2.05) is 52.0 Å². The first-order chi connectivity index (χ1) is 18.3. The number of ether oxygens (including phenoxy) is 1. The number of urea groups is 1. The number of anilines is 2. The third kappa shape index (κ3) is 8.31. The van der Waals surface area contributed by atoms with Gasteiger partial charge >= 0.3 is 12.2 Å². The lowest BCUT2D eigenvalue weighted by Crippen LogP contribution is -2.41. The van der Waals surface area contributed by atoms with Gasteiger partial charge in [0.05, 0.1) is 16.9 Å². The molecule has 11 heteroatoms. The third-order valence-electron chi connectivity index (χ3n) is 5.85. The Morgan fingerprint density at radius 2 is 1.72 bits per heavy atom. The lowest BCUT2D eigenvalue weighted by atomic mass is 9.92. The Balaban J connectivity index is 1.79. The second kappa shape index (κ2) is 12.3. The van der Waals surface area contributed by atoms with E-state index in [2.05, 4.69) is 10.6 Å². The maximum Gasteiger partial charge on any atom is 0.416 e. The molecule has 1 heterocycles. The summed E-state index contributed by atoms with van der Waals surface area (Å²) in [5.74, 6) is -0.000220. The molecule has 0 radical (unpaired) electrons. The minimum absolute atomic E-state index is 0.178. The summed E-state index contributed by atoms with van der Waals surface area (Å²) in [5.41, 5.74) is 1.66. The molecule has 0 unspecified atom stereocenters. The number of carbonyl (C=O) groups is 2. The number of hydrogen-bond donors (Lipinski definition) is 2. The largest absolute Gasteiger partial charge is 0.416 e. The van der Waals surface area contributed by atoms with Gasteiger partial charge in [-0.05, 0) is 55.3 Å². The number of aromatic nitrogens is 2. The van der Waals surface area contributed by atoms with Crippen LogP contribution in [-0.4, -0.2) is 53.4 Å². The van der Waals surface area contributed by atoms with Crippen LogP contribution in [0.2, 0.25) is 0 Å². The van der Waals surface area contributed by atoms with Crippen molar-refractivity contribution >= 4 is 23.4 Å². The molecule has 3 rings (SSSR count). The molecule has 210 valence electrons. The zero-order valence-corrected chi connectivity index (χ0v) is 22.7. The van der Waals surface area contributed by atoms with Crippen LogP contribution in [0.15, 0.2) is 54.6 Å². The molecule has 0 fully saturated rings. The molecule has 0 aliphatic rings. The maximum atomic E-state index is 13.1. The lowest BCUT2D eigenvalue weighted by Gasteiger charge is -2.23. The van der Waals surface area contributed by atoms with E-state index in [1.54, 1.807) is 10.7 Å². The summed E-state index contributed by atoms with van der Waals surface area (Å²) in [6, 6.07) is 13.0. The molecule has 0 saturated carbocycles. The molecule has 0 atom stereocenters. The van der Waals surface area contributed by atoms with E-state index in [0.29, 0.717) is 18.8 Å². The molecule has 0 aliphatic heterocycles.